The zero-order chi connectivity index (χ0) is 19.9. The number of carbonyl (C=O) groups is 3. The van der Waals surface area contributed by atoms with E-state index in [1.165, 1.54) is 29.8 Å². The van der Waals surface area contributed by atoms with Crippen molar-refractivity contribution < 1.29 is 18.8 Å². The average molecular weight is 381 g/mol. The Bertz CT molecular complexity index is 960. The largest absolute Gasteiger partial charge is 0.348 e. The van der Waals surface area contributed by atoms with E-state index in [0.29, 0.717) is 5.56 Å². The quantitative estimate of drug-likeness (QED) is 0.799. The highest BCUT2D eigenvalue weighted by molar-refractivity contribution is 6.09. The number of halogens is 1. The normalized spacial score (nSPS) is 23.5. The van der Waals surface area contributed by atoms with E-state index in [9.17, 15) is 18.8 Å². The van der Waals surface area contributed by atoms with Crippen molar-refractivity contribution in [2.75, 3.05) is 6.54 Å². The summed E-state index contributed by atoms with van der Waals surface area (Å²) in [7, 11) is 0. The Morgan fingerprint density at radius 2 is 1.93 bits per heavy atom. The number of hydrogen-bond acceptors (Lipinski definition) is 3. The van der Waals surface area contributed by atoms with Crippen LogP contribution in [0.1, 0.15) is 36.1 Å². The Labute approximate surface area is 161 Å². The Morgan fingerprint density at radius 1 is 1.21 bits per heavy atom. The molecule has 1 fully saturated rings. The van der Waals surface area contributed by atoms with Crippen molar-refractivity contribution in [1.29, 1.82) is 0 Å². The minimum Gasteiger partial charge on any atom is -0.348 e. The summed E-state index contributed by atoms with van der Waals surface area (Å²) in [6.07, 6.45) is 1.67. The number of imide groups is 1. The van der Waals surface area contributed by atoms with Gasteiger partial charge in [-0.25, -0.2) is 9.18 Å². The molecule has 1 saturated heterocycles. The second kappa shape index (κ2) is 6.74. The molecule has 4 amide bonds. The van der Waals surface area contributed by atoms with Gasteiger partial charge in [-0.05, 0) is 48.6 Å². The molecule has 0 spiro atoms. The lowest BCUT2D eigenvalue weighted by atomic mass is 9.92. The minimum atomic E-state index is -1.33. The van der Waals surface area contributed by atoms with Crippen LogP contribution in [-0.4, -0.2) is 29.3 Å². The van der Waals surface area contributed by atoms with Gasteiger partial charge in [-0.3, -0.25) is 14.5 Å². The van der Waals surface area contributed by atoms with Gasteiger partial charge in [-0.15, -0.1) is 0 Å². The molecule has 0 saturated carbocycles. The van der Waals surface area contributed by atoms with E-state index in [1.54, 1.807) is 6.92 Å². The molecular weight excluding hydrogens is 361 g/mol. The number of amides is 4. The number of nitrogens with zero attached hydrogens (tertiary/aromatic N) is 1. The lowest BCUT2D eigenvalue weighted by Crippen LogP contribution is -2.43. The van der Waals surface area contributed by atoms with Gasteiger partial charge >= 0.3 is 6.03 Å². The molecule has 4 rings (SSSR count). The molecular formula is C21H20FN3O3. The zero-order valence-corrected chi connectivity index (χ0v) is 15.4. The van der Waals surface area contributed by atoms with Crippen molar-refractivity contribution in [3.05, 3.63) is 71.0 Å². The minimum absolute atomic E-state index is 0.118. The monoisotopic (exact) mass is 381 g/mol. The third-order valence-corrected chi connectivity index (χ3v) is 5.47. The molecule has 2 aromatic carbocycles. The molecule has 2 atom stereocenters. The summed E-state index contributed by atoms with van der Waals surface area (Å²) < 4.78 is 13.2. The van der Waals surface area contributed by atoms with Gasteiger partial charge in [0.2, 0.25) is 5.91 Å². The van der Waals surface area contributed by atoms with Gasteiger partial charge in [-0.2, -0.15) is 0 Å². The van der Waals surface area contributed by atoms with E-state index >= 15 is 0 Å². The number of carbonyl (C=O) groups excluding carboxylic acids is 3. The number of urea groups is 1. The Hall–Kier alpha value is -3.22. The first-order valence-corrected chi connectivity index (χ1v) is 9.16. The Morgan fingerprint density at radius 3 is 2.68 bits per heavy atom. The van der Waals surface area contributed by atoms with Crippen molar-refractivity contribution >= 4 is 17.8 Å². The molecule has 1 aliphatic heterocycles. The molecule has 0 unspecified atom stereocenters. The van der Waals surface area contributed by atoms with Crippen LogP contribution < -0.4 is 10.6 Å². The third-order valence-electron chi connectivity index (χ3n) is 5.47. The fourth-order valence-electron chi connectivity index (χ4n) is 3.91. The van der Waals surface area contributed by atoms with Gasteiger partial charge in [-0.1, -0.05) is 36.4 Å². The lowest BCUT2D eigenvalue weighted by Gasteiger charge is -2.22. The average Bonchev–Trinajstić information content (AvgIpc) is 3.17. The van der Waals surface area contributed by atoms with E-state index in [0.717, 1.165) is 23.3 Å². The van der Waals surface area contributed by atoms with Gasteiger partial charge in [0.25, 0.3) is 5.91 Å². The summed E-state index contributed by atoms with van der Waals surface area (Å²) in [5.41, 5.74) is 1.40. The fourth-order valence-corrected chi connectivity index (χ4v) is 3.91. The Kier molecular flexibility index (Phi) is 4.37. The number of rotatable bonds is 4. The molecule has 0 bridgehead atoms. The van der Waals surface area contributed by atoms with Crippen molar-refractivity contribution in [2.24, 2.45) is 0 Å². The van der Waals surface area contributed by atoms with E-state index in [1.807, 2.05) is 24.3 Å². The molecule has 1 aliphatic carbocycles. The van der Waals surface area contributed by atoms with E-state index in [-0.39, 0.29) is 12.6 Å². The summed E-state index contributed by atoms with van der Waals surface area (Å²) >= 11 is 0. The van der Waals surface area contributed by atoms with Crippen LogP contribution in [0.5, 0.6) is 0 Å². The maximum atomic E-state index is 13.2. The first-order chi connectivity index (χ1) is 13.4. The first-order valence-electron chi connectivity index (χ1n) is 9.16. The number of fused-ring (bicyclic) bond motifs is 1. The first kappa shape index (κ1) is 18.2. The second-order valence-electron chi connectivity index (χ2n) is 7.31. The van der Waals surface area contributed by atoms with Crippen LogP contribution in [0.2, 0.25) is 0 Å². The van der Waals surface area contributed by atoms with Gasteiger partial charge in [0.05, 0.1) is 6.04 Å². The zero-order valence-electron chi connectivity index (χ0n) is 15.4. The number of hydrogen-bond donors (Lipinski definition) is 2. The van der Waals surface area contributed by atoms with E-state index in [4.69, 9.17) is 0 Å². The van der Waals surface area contributed by atoms with Crippen LogP contribution in [0.4, 0.5) is 9.18 Å². The summed E-state index contributed by atoms with van der Waals surface area (Å²) in [4.78, 5) is 38.6. The Balaban J connectivity index is 1.46. The molecule has 1 heterocycles. The smallest absolute Gasteiger partial charge is 0.325 e. The number of aryl methyl sites for hydroxylation is 1. The van der Waals surface area contributed by atoms with Crippen molar-refractivity contribution in [3.8, 4) is 0 Å². The molecule has 6 nitrogen and oxygen atoms in total. The molecule has 7 heteroatoms. The van der Waals surface area contributed by atoms with Gasteiger partial charge in [0, 0.05) is 0 Å². The summed E-state index contributed by atoms with van der Waals surface area (Å²) in [5.74, 6) is -1.36. The van der Waals surface area contributed by atoms with Crippen LogP contribution in [0.3, 0.4) is 0 Å². The van der Waals surface area contributed by atoms with Crippen LogP contribution in [-0.2, 0) is 21.5 Å². The number of nitrogens with one attached hydrogen (secondary N) is 2. The maximum absolute atomic E-state index is 13.2. The van der Waals surface area contributed by atoms with Gasteiger partial charge in [0.1, 0.15) is 17.9 Å². The third kappa shape index (κ3) is 3.02. The van der Waals surface area contributed by atoms with Crippen molar-refractivity contribution in [1.82, 2.24) is 15.5 Å². The predicted octanol–water partition coefficient (Wildman–Crippen LogP) is 2.40. The van der Waals surface area contributed by atoms with Crippen LogP contribution >= 0.6 is 0 Å². The molecule has 0 aromatic heterocycles. The maximum Gasteiger partial charge on any atom is 0.325 e. The topological polar surface area (TPSA) is 78.5 Å². The summed E-state index contributed by atoms with van der Waals surface area (Å²) in [6, 6.07) is 12.5. The van der Waals surface area contributed by atoms with E-state index in [2.05, 4.69) is 10.6 Å². The fraction of sp³-hybridized carbons (Fsp3) is 0.286. The van der Waals surface area contributed by atoms with Crippen molar-refractivity contribution in [3.63, 3.8) is 0 Å². The molecule has 144 valence electrons. The summed E-state index contributed by atoms with van der Waals surface area (Å²) in [6.45, 7) is 1.19. The SMILES string of the molecule is C[C@@]1(c2ccc(F)cc2)NC(=O)N(CC(=O)N[C@H]2CCc3ccccc32)C1=O. The highest BCUT2D eigenvalue weighted by Gasteiger charge is 2.49. The highest BCUT2D eigenvalue weighted by Crippen LogP contribution is 2.31. The van der Waals surface area contributed by atoms with Crippen LogP contribution in [0, 0.1) is 5.82 Å². The molecule has 28 heavy (non-hydrogen) atoms. The van der Waals surface area contributed by atoms with Crippen LogP contribution in [0.15, 0.2) is 48.5 Å². The second-order valence-corrected chi connectivity index (χ2v) is 7.31. The van der Waals surface area contributed by atoms with E-state index < -0.39 is 29.2 Å². The molecule has 2 N–H and O–H groups in total. The summed E-state index contributed by atoms with van der Waals surface area (Å²) in [5, 5.41) is 5.53. The highest BCUT2D eigenvalue weighted by atomic mass is 19.1. The molecule has 2 aromatic rings. The van der Waals surface area contributed by atoms with Gasteiger partial charge in [0.15, 0.2) is 0 Å². The molecule has 2 aliphatic rings. The lowest BCUT2D eigenvalue weighted by molar-refractivity contribution is -0.135. The van der Waals surface area contributed by atoms with Crippen molar-refractivity contribution in [2.45, 2.75) is 31.3 Å². The van der Waals surface area contributed by atoms with Crippen LogP contribution in [0.25, 0.3) is 0 Å². The number of benzene rings is 2. The molecule has 0 radical (unpaired) electrons. The predicted molar refractivity (Wildman–Crippen MR) is 99.6 cm³/mol. The standard InChI is InChI=1S/C21H20FN3O3/c1-21(14-7-9-15(22)10-8-14)19(27)25(20(28)24-21)12-18(26)23-17-11-6-13-4-2-3-5-16(13)17/h2-5,7-10,17H,6,11-12H2,1H3,(H,23,26)(H,24,28)/t17-,21-/m0/s1. The van der Waals surface area contributed by atoms with Gasteiger partial charge < -0.3 is 10.6 Å².